The highest BCUT2D eigenvalue weighted by Gasteiger charge is 2.38. The highest BCUT2D eigenvalue weighted by Crippen LogP contribution is 2.41. The molecule has 2 aromatic carbocycles. The van der Waals surface area contributed by atoms with Crippen LogP contribution in [0.1, 0.15) is 83.0 Å². The van der Waals surface area contributed by atoms with Crippen molar-refractivity contribution in [2.24, 2.45) is 23.0 Å². The molecule has 12 heteroatoms. The van der Waals surface area contributed by atoms with Crippen LogP contribution in [0.3, 0.4) is 0 Å². The molecule has 2 amide bonds. The molecule has 9 nitrogen and oxygen atoms in total. The van der Waals surface area contributed by atoms with Crippen LogP contribution in [0.5, 0.6) is 0 Å². The number of halogens is 3. The van der Waals surface area contributed by atoms with E-state index in [1.807, 2.05) is 55.7 Å². The first-order chi connectivity index (χ1) is 24.7. The number of hydrogen-bond donors (Lipinski definition) is 3. The Morgan fingerprint density at radius 2 is 1.81 bits per heavy atom. The summed E-state index contributed by atoms with van der Waals surface area (Å²) in [5.41, 5.74) is 7.98. The molecule has 1 aliphatic rings. The number of hydrogen-bond acceptors (Lipinski definition) is 6. The molecule has 0 radical (unpaired) electrons. The van der Waals surface area contributed by atoms with Gasteiger partial charge in [0.15, 0.2) is 0 Å². The summed E-state index contributed by atoms with van der Waals surface area (Å²) in [4.78, 5) is 53.1. The van der Waals surface area contributed by atoms with E-state index >= 15 is 4.39 Å². The van der Waals surface area contributed by atoms with Crippen LogP contribution < -0.4 is 11.1 Å². The van der Waals surface area contributed by atoms with E-state index in [1.165, 1.54) is 4.90 Å². The number of benzene rings is 2. The summed E-state index contributed by atoms with van der Waals surface area (Å²) >= 11 is 3.10. The Morgan fingerprint density at radius 3 is 2.48 bits per heavy atom. The molecule has 0 aliphatic heterocycles. The van der Waals surface area contributed by atoms with Gasteiger partial charge in [0.1, 0.15) is 29.8 Å². The Balaban J connectivity index is 1.55. The normalized spacial score (nSPS) is 17.1. The molecule has 0 spiro atoms. The third-order valence-corrected chi connectivity index (χ3v) is 10.4. The van der Waals surface area contributed by atoms with Gasteiger partial charge in [-0.1, -0.05) is 73.5 Å². The zero-order valence-corrected chi connectivity index (χ0v) is 31.8. The second-order valence-corrected chi connectivity index (χ2v) is 15.4. The van der Waals surface area contributed by atoms with Gasteiger partial charge >= 0.3 is 0 Å². The maximum absolute atomic E-state index is 15.1. The van der Waals surface area contributed by atoms with Gasteiger partial charge in [-0.3, -0.25) is 19.2 Å². The average molecular weight is 786 g/mol. The summed E-state index contributed by atoms with van der Waals surface area (Å²) in [7, 11) is 0. The maximum Gasteiger partial charge on any atom is 0.248 e. The fourth-order valence-electron chi connectivity index (χ4n) is 7.38. The van der Waals surface area contributed by atoms with Crippen molar-refractivity contribution in [3.63, 3.8) is 0 Å². The van der Waals surface area contributed by atoms with Gasteiger partial charge < -0.3 is 25.6 Å². The number of ketones is 2. The van der Waals surface area contributed by atoms with E-state index in [4.69, 9.17) is 5.73 Å². The number of nitrogens with one attached hydrogen (secondary N) is 1. The number of aliphatic hydroxyl groups is 1. The molecule has 4 atom stereocenters. The van der Waals surface area contributed by atoms with Crippen LogP contribution in [0.2, 0.25) is 0 Å². The third-order valence-electron chi connectivity index (χ3n) is 9.91. The molecule has 52 heavy (non-hydrogen) atoms. The Bertz CT molecular complexity index is 1690. The highest BCUT2D eigenvalue weighted by atomic mass is 79.9. The van der Waals surface area contributed by atoms with Gasteiger partial charge in [0, 0.05) is 61.4 Å². The van der Waals surface area contributed by atoms with Crippen LogP contribution in [-0.2, 0) is 25.7 Å². The van der Waals surface area contributed by atoms with Crippen LogP contribution in [0.4, 0.5) is 8.78 Å². The molecule has 0 bridgehead atoms. The van der Waals surface area contributed by atoms with E-state index in [0.717, 1.165) is 43.0 Å². The number of carbonyl (C=O) groups is 4. The summed E-state index contributed by atoms with van der Waals surface area (Å²) in [5.74, 6) is -2.28. The second-order valence-electron chi connectivity index (χ2n) is 14.8. The lowest BCUT2D eigenvalue weighted by Crippen LogP contribution is -2.46. The molecule has 1 saturated carbocycles. The molecule has 4 rings (SSSR count). The topological polar surface area (TPSA) is 135 Å². The fraction of sp³-hybridized carbons (Fsp3) is 0.500. The van der Waals surface area contributed by atoms with Crippen molar-refractivity contribution < 1.29 is 33.1 Å². The van der Waals surface area contributed by atoms with Gasteiger partial charge in [0.25, 0.3) is 0 Å². The highest BCUT2D eigenvalue weighted by molar-refractivity contribution is 9.09. The molecule has 0 saturated heterocycles. The quantitative estimate of drug-likeness (QED) is 0.102. The predicted molar refractivity (Wildman–Crippen MR) is 200 cm³/mol. The molecule has 1 aliphatic carbocycles. The van der Waals surface area contributed by atoms with E-state index in [2.05, 4.69) is 21.2 Å². The minimum Gasteiger partial charge on any atom is -0.387 e. The minimum atomic E-state index is -0.904. The Labute approximate surface area is 313 Å². The number of Topliss-reactive ketones (excluding diaryl/α,β-unsaturated/α-hetero) is 2. The first kappa shape index (κ1) is 41.0. The number of aromatic nitrogens is 1. The van der Waals surface area contributed by atoms with Gasteiger partial charge in [-0.15, -0.1) is 0 Å². The second kappa shape index (κ2) is 18.8. The molecular formula is C40H51BrF2N4O5. The fourth-order valence-corrected chi connectivity index (χ4v) is 7.58. The van der Waals surface area contributed by atoms with E-state index in [-0.39, 0.29) is 59.6 Å². The lowest BCUT2D eigenvalue weighted by molar-refractivity contribution is -0.140. The molecule has 1 fully saturated rings. The molecule has 1 heterocycles. The SMILES string of the molecule is CC(C)(C)[C@H](c1cc(-c2cc(F)ccc2F)cn1Cc1ccccc1)N(CC[C@H](N)C(=O)C[C@H]1CCC[C@H]1C(=O)CCCNC(=O)CBr)C(=O)CO. The maximum atomic E-state index is 15.1. The van der Waals surface area contributed by atoms with Crippen LogP contribution in [0.25, 0.3) is 11.1 Å². The largest absolute Gasteiger partial charge is 0.387 e. The van der Waals surface area contributed by atoms with Crippen molar-refractivity contribution >= 4 is 39.3 Å². The Hall–Kier alpha value is -3.74. The zero-order chi connectivity index (χ0) is 38.0. The summed E-state index contributed by atoms with van der Waals surface area (Å²) < 4.78 is 31.3. The lowest BCUT2D eigenvalue weighted by atomic mass is 9.82. The summed E-state index contributed by atoms with van der Waals surface area (Å²) in [6.45, 7) is 5.94. The number of amides is 2. The minimum absolute atomic E-state index is 0.0571. The number of alkyl halides is 1. The van der Waals surface area contributed by atoms with E-state index in [9.17, 15) is 28.7 Å². The van der Waals surface area contributed by atoms with Gasteiger partial charge in [0.05, 0.1) is 17.4 Å². The number of carbonyl (C=O) groups excluding carboxylic acids is 4. The molecule has 282 valence electrons. The average Bonchev–Trinajstić information content (AvgIpc) is 3.75. The van der Waals surface area contributed by atoms with E-state index < -0.39 is 41.6 Å². The molecular weight excluding hydrogens is 734 g/mol. The standard InChI is InChI=1S/C40H51BrF2N4O5/c1-40(2,3)39(34-19-28(31-21-29(42)14-15-32(31)43)24-46(34)23-26-9-5-4-6-10-26)47(38(52)25-48)18-16-33(44)36(50)20-27-11-7-12-30(27)35(49)13-8-17-45-37(51)22-41/h4-6,9-10,14-15,19,21,24,27,30,33,39,48H,7-8,11-13,16-18,20,22-23,25,44H2,1-3H3,(H,45,51)/t27-,30-,33+,39+/m1/s1. The first-order valence-electron chi connectivity index (χ1n) is 18.0. The van der Waals surface area contributed by atoms with Crippen molar-refractivity contribution in [3.05, 3.63) is 83.7 Å². The predicted octanol–water partition coefficient (Wildman–Crippen LogP) is 6.34. The van der Waals surface area contributed by atoms with Crippen molar-refractivity contribution in [1.29, 1.82) is 0 Å². The van der Waals surface area contributed by atoms with Gasteiger partial charge in [-0.25, -0.2) is 8.78 Å². The first-order valence-corrected chi connectivity index (χ1v) is 19.1. The number of nitrogens with two attached hydrogens (primary N) is 1. The summed E-state index contributed by atoms with van der Waals surface area (Å²) in [5, 5.41) is 13.1. The Kier molecular flexibility index (Phi) is 14.9. The van der Waals surface area contributed by atoms with Gasteiger partial charge in [0.2, 0.25) is 11.8 Å². The summed E-state index contributed by atoms with van der Waals surface area (Å²) in [6.07, 6.45) is 5.21. The summed E-state index contributed by atoms with van der Waals surface area (Å²) in [6, 6.07) is 13.1. The molecule has 3 aromatic rings. The van der Waals surface area contributed by atoms with Gasteiger partial charge in [-0.05, 0) is 66.8 Å². The Morgan fingerprint density at radius 1 is 1.08 bits per heavy atom. The van der Waals surface area contributed by atoms with Crippen molar-refractivity contribution in [2.75, 3.05) is 25.0 Å². The lowest BCUT2D eigenvalue weighted by Gasteiger charge is -2.41. The van der Waals surface area contributed by atoms with Crippen LogP contribution in [0.15, 0.2) is 60.8 Å². The van der Waals surface area contributed by atoms with Crippen LogP contribution in [0, 0.1) is 28.9 Å². The van der Waals surface area contributed by atoms with Crippen molar-refractivity contribution in [1.82, 2.24) is 14.8 Å². The molecule has 4 N–H and O–H groups in total. The number of rotatable bonds is 18. The van der Waals surface area contributed by atoms with Crippen molar-refractivity contribution in [3.8, 4) is 11.1 Å². The molecule has 1 aromatic heterocycles. The zero-order valence-electron chi connectivity index (χ0n) is 30.3. The van der Waals surface area contributed by atoms with Gasteiger partial charge in [-0.2, -0.15) is 0 Å². The number of nitrogens with zero attached hydrogens (tertiary/aromatic N) is 2. The smallest absolute Gasteiger partial charge is 0.248 e. The molecule has 0 unspecified atom stereocenters. The van der Waals surface area contributed by atoms with Crippen molar-refractivity contribution in [2.45, 2.75) is 84.3 Å². The van der Waals surface area contributed by atoms with Crippen LogP contribution >= 0.6 is 15.9 Å². The number of aliphatic hydroxyl groups excluding tert-OH is 1. The van der Waals surface area contributed by atoms with E-state index in [1.54, 1.807) is 12.3 Å². The monoisotopic (exact) mass is 784 g/mol. The third kappa shape index (κ3) is 10.9. The van der Waals surface area contributed by atoms with Crippen LogP contribution in [-0.4, -0.2) is 69.0 Å². The van der Waals surface area contributed by atoms with E-state index in [0.29, 0.717) is 37.2 Å².